The van der Waals surface area contributed by atoms with Gasteiger partial charge in [-0.15, -0.1) is 0 Å². The van der Waals surface area contributed by atoms with Crippen LogP contribution in [0.2, 0.25) is 0 Å². The maximum atomic E-state index is 5.38. The van der Waals surface area contributed by atoms with E-state index in [1.54, 1.807) is 6.20 Å². The SMILES string of the molecule is CC(C)CC(C)N(C)Cc1cc(NN)ccn1. The topological polar surface area (TPSA) is 54.2 Å². The van der Waals surface area contributed by atoms with Gasteiger partial charge in [0, 0.05) is 18.8 Å². The number of hydrazine groups is 1. The average molecular weight is 236 g/mol. The van der Waals surface area contributed by atoms with Gasteiger partial charge in [-0.3, -0.25) is 15.7 Å². The van der Waals surface area contributed by atoms with Crippen LogP contribution in [0, 0.1) is 5.92 Å². The molecule has 1 heterocycles. The number of hydrogen-bond acceptors (Lipinski definition) is 4. The van der Waals surface area contributed by atoms with E-state index in [1.807, 2.05) is 12.1 Å². The maximum Gasteiger partial charge on any atom is 0.0564 e. The predicted molar refractivity (Wildman–Crippen MR) is 72.4 cm³/mol. The molecule has 0 bridgehead atoms. The fraction of sp³-hybridized carbons (Fsp3) is 0.615. The smallest absolute Gasteiger partial charge is 0.0564 e. The Morgan fingerprint density at radius 3 is 2.71 bits per heavy atom. The second kappa shape index (κ2) is 6.57. The first-order valence-electron chi connectivity index (χ1n) is 6.14. The van der Waals surface area contributed by atoms with Crippen LogP contribution in [-0.2, 0) is 6.54 Å². The van der Waals surface area contributed by atoms with Crippen LogP contribution >= 0.6 is 0 Å². The van der Waals surface area contributed by atoms with Gasteiger partial charge in [0.15, 0.2) is 0 Å². The summed E-state index contributed by atoms with van der Waals surface area (Å²) in [6.07, 6.45) is 2.98. The van der Waals surface area contributed by atoms with Gasteiger partial charge in [0.05, 0.1) is 11.4 Å². The number of nitrogen functional groups attached to an aromatic ring is 1. The molecule has 1 rings (SSSR count). The summed E-state index contributed by atoms with van der Waals surface area (Å²) in [5, 5.41) is 0. The Bertz CT molecular complexity index is 338. The molecular weight excluding hydrogens is 212 g/mol. The van der Waals surface area contributed by atoms with Gasteiger partial charge in [-0.25, -0.2) is 0 Å². The van der Waals surface area contributed by atoms with Crippen molar-refractivity contribution in [2.24, 2.45) is 11.8 Å². The van der Waals surface area contributed by atoms with Crippen molar-refractivity contribution < 1.29 is 0 Å². The van der Waals surface area contributed by atoms with Crippen LogP contribution in [0.15, 0.2) is 18.3 Å². The number of nitrogens with two attached hydrogens (primary N) is 1. The lowest BCUT2D eigenvalue weighted by molar-refractivity contribution is 0.218. The van der Waals surface area contributed by atoms with E-state index in [-0.39, 0.29) is 0 Å². The molecule has 0 fully saturated rings. The van der Waals surface area contributed by atoms with E-state index in [0.29, 0.717) is 6.04 Å². The molecule has 0 amide bonds. The maximum absolute atomic E-state index is 5.38. The highest BCUT2D eigenvalue weighted by Gasteiger charge is 2.11. The van der Waals surface area contributed by atoms with E-state index in [0.717, 1.165) is 23.8 Å². The number of pyridine rings is 1. The minimum absolute atomic E-state index is 0.561. The Morgan fingerprint density at radius 2 is 2.12 bits per heavy atom. The van der Waals surface area contributed by atoms with Crippen molar-refractivity contribution in [2.45, 2.75) is 39.8 Å². The number of nitrogens with one attached hydrogen (secondary N) is 1. The van der Waals surface area contributed by atoms with Gasteiger partial charge >= 0.3 is 0 Å². The third-order valence-corrected chi connectivity index (χ3v) is 2.96. The first-order valence-corrected chi connectivity index (χ1v) is 6.14. The van der Waals surface area contributed by atoms with Crippen LogP contribution in [0.3, 0.4) is 0 Å². The van der Waals surface area contributed by atoms with Crippen LogP contribution in [0.5, 0.6) is 0 Å². The lowest BCUT2D eigenvalue weighted by Crippen LogP contribution is -2.30. The molecule has 1 aromatic heterocycles. The van der Waals surface area contributed by atoms with Crippen LogP contribution in [0.1, 0.15) is 32.9 Å². The molecule has 0 aliphatic carbocycles. The molecule has 0 aromatic carbocycles. The third-order valence-electron chi connectivity index (χ3n) is 2.96. The molecule has 3 N–H and O–H groups in total. The molecule has 4 heteroatoms. The highest BCUT2D eigenvalue weighted by molar-refractivity contribution is 5.41. The van der Waals surface area contributed by atoms with Crippen molar-refractivity contribution in [2.75, 3.05) is 12.5 Å². The lowest BCUT2D eigenvalue weighted by atomic mass is 10.0. The number of nitrogens with zero attached hydrogens (tertiary/aromatic N) is 2. The van der Waals surface area contributed by atoms with E-state index in [1.165, 1.54) is 6.42 Å². The van der Waals surface area contributed by atoms with Gasteiger partial charge in [-0.1, -0.05) is 13.8 Å². The Labute approximate surface area is 104 Å². The average Bonchev–Trinajstić information content (AvgIpc) is 2.28. The molecule has 0 saturated heterocycles. The van der Waals surface area contributed by atoms with Crippen molar-refractivity contribution in [3.63, 3.8) is 0 Å². The summed E-state index contributed by atoms with van der Waals surface area (Å²) >= 11 is 0. The molecule has 4 nitrogen and oxygen atoms in total. The molecule has 0 aliphatic rings. The van der Waals surface area contributed by atoms with Crippen LogP contribution in [-0.4, -0.2) is 23.0 Å². The van der Waals surface area contributed by atoms with Crippen molar-refractivity contribution in [3.8, 4) is 0 Å². The van der Waals surface area contributed by atoms with Gasteiger partial charge < -0.3 is 5.43 Å². The minimum atomic E-state index is 0.561. The quantitative estimate of drug-likeness (QED) is 0.587. The molecule has 1 unspecified atom stereocenters. The van der Waals surface area contributed by atoms with Crippen molar-refractivity contribution in [3.05, 3.63) is 24.0 Å². The molecule has 0 aliphatic heterocycles. The van der Waals surface area contributed by atoms with Gasteiger partial charge in [0.2, 0.25) is 0 Å². The number of anilines is 1. The van der Waals surface area contributed by atoms with Gasteiger partial charge in [0.25, 0.3) is 0 Å². The summed E-state index contributed by atoms with van der Waals surface area (Å²) in [4.78, 5) is 6.67. The molecule has 0 spiro atoms. The number of aromatic nitrogens is 1. The van der Waals surface area contributed by atoms with Crippen LogP contribution < -0.4 is 11.3 Å². The largest absolute Gasteiger partial charge is 0.324 e. The zero-order valence-electron chi connectivity index (χ0n) is 11.3. The molecule has 0 radical (unpaired) electrons. The Balaban J connectivity index is 2.57. The molecule has 1 atom stereocenters. The lowest BCUT2D eigenvalue weighted by Gasteiger charge is -2.25. The van der Waals surface area contributed by atoms with E-state index in [2.05, 4.69) is 43.1 Å². The van der Waals surface area contributed by atoms with E-state index in [4.69, 9.17) is 5.84 Å². The first-order chi connectivity index (χ1) is 8.02. The normalized spacial score (nSPS) is 13.1. The van der Waals surface area contributed by atoms with Gasteiger partial charge in [-0.2, -0.15) is 0 Å². The fourth-order valence-corrected chi connectivity index (χ4v) is 1.93. The van der Waals surface area contributed by atoms with E-state index in [9.17, 15) is 0 Å². The van der Waals surface area contributed by atoms with E-state index >= 15 is 0 Å². The zero-order valence-corrected chi connectivity index (χ0v) is 11.3. The molecular formula is C13H24N4. The summed E-state index contributed by atoms with van der Waals surface area (Å²) in [7, 11) is 2.14. The zero-order chi connectivity index (χ0) is 12.8. The summed E-state index contributed by atoms with van der Waals surface area (Å²) in [5.74, 6) is 6.10. The Morgan fingerprint density at radius 1 is 1.41 bits per heavy atom. The summed E-state index contributed by atoms with van der Waals surface area (Å²) in [6, 6.07) is 4.41. The standard InChI is InChI=1S/C13H24N4/c1-10(2)7-11(3)17(4)9-13-8-12(16-14)5-6-15-13/h5-6,8,10-11H,7,9,14H2,1-4H3,(H,15,16). The first kappa shape index (κ1) is 13.9. The predicted octanol–water partition coefficient (Wildman–Crippen LogP) is 2.23. The minimum Gasteiger partial charge on any atom is -0.324 e. The molecule has 17 heavy (non-hydrogen) atoms. The van der Waals surface area contributed by atoms with Crippen molar-refractivity contribution in [1.29, 1.82) is 0 Å². The van der Waals surface area contributed by atoms with Crippen LogP contribution in [0.4, 0.5) is 5.69 Å². The Hall–Kier alpha value is -1.13. The monoisotopic (exact) mass is 236 g/mol. The second-order valence-corrected chi connectivity index (χ2v) is 5.07. The Kier molecular flexibility index (Phi) is 5.38. The van der Waals surface area contributed by atoms with Crippen molar-refractivity contribution >= 4 is 5.69 Å². The summed E-state index contributed by atoms with van der Waals surface area (Å²) < 4.78 is 0. The summed E-state index contributed by atoms with van der Waals surface area (Å²) in [5.41, 5.74) is 4.59. The highest BCUT2D eigenvalue weighted by atomic mass is 15.2. The second-order valence-electron chi connectivity index (χ2n) is 5.07. The number of rotatable bonds is 6. The van der Waals surface area contributed by atoms with Crippen LogP contribution in [0.25, 0.3) is 0 Å². The molecule has 96 valence electrons. The fourth-order valence-electron chi connectivity index (χ4n) is 1.93. The molecule has 1 aromatic rings. The van der Waals surface area contributed by atoms with Crippen molar-refractivity contribution in [1.82, 2.24) is 9.88 Å². The third kappa shape index (κ3) is 4.71. The van der Waals surface area contributed by atoms with E-state index < -0.39 is 0 Å². The van der Waals surface area contributed by atoms with Gasteiger partial charge in [-0.05, 0) is 38.4 Å². The highest BCUT2D eigenvalue weighted by Crippen LogP contribution is 2.13. The summed E-state index contributed by atoms with van der Waals surface area (Å²) in [6.45, 7) is 7.61. The molecule has 0 saturated carbocycles. The van der Waals surface area contributed by atoms with Gasteiger partial charge in [0.1, 0.15) is 0 Å². The number of hydrogen-bond donors (Lipinski definition) is 2.